The standard InChI is InChI=1S/C20H13NO4/c1-12-15-4-2-3-5-16(15)25-20(24)19(12)13-6-8-14(9-7-13)21-17(22)10-11-18(21)23/h2-11H,1H3. The maximum absolute atomic E-state index is 12.4. The highest BCUT2D eigenvalue weighted by Gasteiger charge is 2.25. The minimum atomic E-state index is -0.418. The summed E-state index contributed by atoms with van der Waals surface area (Å²) in [5, 5.41) is 0.871. The number of aryl methyl sites for hydroxylation is 1. The summed E-state index contributed by atoms with van der Waals surface area (Å²) in [6.45, 7) is 1.87. The number of hydrogen-bond acceptors (Lipinski definition) is 4. The fourth-order valence-corrected chi connectivity index (χ4v) is 3.07. The number of nitrogens with zero attached hydrogens (tertiary/aromatic N) is 1. The maximum atomic E-state index is 12.4. The minimum Gasteiger partial charge on any atom is -0.422 e. The SMILES string of the molecule is Cc1c(-c2ccc(N3C(=O)C=CC3=O)cc2)c(=O)oc2ccccc12. The third kappa shape index (κ3) is 2.37. The molecule has 2 heterocycles. The molecule has 0 saturated carbocycles. The van der Waals surface area contributed by atoms with E-state index in [0.717, 1.165) is 15.8 Å². The molecular formula is C20H13NO4. The van der Waals surface area contributed by atoms with Gasteiger partial charge in [0, 0.05) is 17.5 Å². The van der Waals surface area contributed by atoms with Crippen molar-refractivity contribution in [1.82, 2.24) is 0 Å². The Bertz CT molecular complexity index is 1090. The molecule has 0 atom stereocenters. The van der Waals surface area contributed by atoms with Gasteiger partial charge in [-0.2, -0.15) is 0 Å². The average molecular weight is 331 g/mol. The van der Waals surface area contributed by atoms with Crippen LogP contribution in [0.5, 0.6) is 0 Å². The number of rotatable bonds is 2. The van der Waals surface area contributed by atoms with E-state index in [1.807, 2.05) is 25.1 Å². The van der Waals surface area contributed by atoms with Crippen molar-refractivity contribution >= 4 is 28.5 Å². The quantitative estimate of drug-likeness (QED) is 0.534. The lowest BCUT2D eigenvalue weighted by molar-refractivity contribution is -0.119. The van der Waals surface area contributed by atoms with Gasteiger partial charge in [0.25, 0.3) is 11.8 Å². The third-order valence-electron chi connectivity index (χ3n) is 4.30. The minimum absolute atomic E-state index is 0.376. The molecule has 1 aliphatic rings. The van der Waals surface area contributed by atoms with Crippen LogP contribution in [0, 0.1) is 6.92 Å². The lowest BCUT2D eigenvalue weighted by Gasteiger charge is -2.14. The fraction of sp³-hybridized carbons (Fsp3) is 0.0500. The van der Waals surface area contributed by atoms with Gasteiger partial charge in [0.05, 0.1) is 11.3 Å². The van der Waals surface area contributed by atoms with Gasteiger partial charge >= 0.3 is 5.63 Å². The molecule has 2 amide bonds. The summed E-state index contributed by atoms with van der Waals surface area (Å²) in [5.74, 6) is -0.752. The van der Waals surface area contributed by atoms with Crippen LogP contribution in [0.4, 0.5) is 5.69 Å². The Labute approximate surface area is 142 Å². The topological polar surface area (TPSA) is 67.6 Å². The van der Waals surface area contributed by atoms with Crippen LogP contribution in [0.25, 0.3) is 22.1 Å². The highest BCUT2D eigenvalue weighted by Crippen LogP contribution is 2.28. The Balaban J connectivity index is 1.81. The zero-order chi connectivity index (χ0) is 17.6. The van der Waals surface area contributed by atoms with E-state index in [-0.39, 0.29) is 11.8 Å². The van der Waals surface area contributed by atoms with Gasteiger partial charge < -0.3 is 4.42 Å². The Morgan fingerprint density at radius 3 is 2.16 bits per heavy atom. The molecule has 25 heavy (non-hydrogen) atoms. The molecule has 4 rings (SSSR count). The number of imide groups is 1. The maximum Gasteiger partial charge on any atom is 0.344 e. The van der Waals surface area contributed by atoms with Gasteiger partial charge in [0.1, 0.15) is 5.58 Å². The van der Waals surface area contributed by atoms with Crippen LogP contribution in [0.3, 0.4) is 0 Å². The van der Waals surface area contributed by atoms with Crippen LogP contribution in [0.15, 0.2) is 69.9 Å². The normalized spacial score (nSPS) is 13.9. The van der Waals surface area contributed by atoms with Gasteiger partial charge in [-0.05, 0) is 36.2 Å². The zero-order valence-electron chi connectivity index (χ0n) is 13.4. The van der Waals surface area contributed by atoms with Crippen molar-refractivity contribution < 1.29 is 14.0 Å². The van der Waals surface area contributed by atoms with Crippen molar-refractivity contribution in [3.63, 3.8) is 0 Å². The molecule has 0 unspecified atom stereocenters. The smallest absolute Gasteiger partial charge is 0.344 e. The van der Waals surface area contributed by atoms with E-state index < -0.39 is 5.63 Å². The summed E-state index contributed by atoms with van der Waals surface area (Å²) in [4.78, 5) is 37.0. The van der Waals surface area contributed by atoms with E-state index in [1.54, 1.807) is 30.3 Å². The lowest BCUT2D eigenvalue weighted by Crippen LogP contribution is -2.29. The van der Waals surface area contributed by atoms with Crippen LogP contribution in [-0.4, -0.2) is 11.8 Å². The summed E-state index contributed by atoms with van der Waals surface area (Å²) in [7, 11) is 0. The molecule has 1 aromatic heterocycles. The molecule has 5 nitrogen and oxygen atoms in total. The van der Waals surface area contributed by atoms with Crippen LogP contribution in [0.2, 0.25) is 0 Å². The van der Waals surface area contributed by atoms with Gasteiger partial charge in [-0.25, -0.2) is 9.69 Å². The second kappa shape index (κ2) is 5.56. The number of benzene rings is 2. The molecule has 3 aromatic rings. The van der Waals surface area contributed by atoms with Gasteiger partial charge in [-0.3, -0.25) is 9.59 Å². The first-order chi connectivity index (χ1) is 12.1. The number of carbonyl (C=O) groups is 2. The predicted octanol–water partition coefficient (Wildman–Crippen LogP) is 3.20. The van der Waals surface area contributed by atoms with Crippen molar-refractivity contribution in [3.8, 4) is 11.1 Å². The molecule has 0 aliphatic carbocycles. The van der Waals surface area contributed by atoms with E-state index in [1.165, 1.54) is 12.2 Å². The van der Waals surface area contributed by atoms with E-state index in [2.05, 4.69) is 0 Å². The summed E-state index contributed by atoms with van der Waals surface area (Å²) in [6, 6.07) is 14.1. The number of amides is 2. The molecule has 0 saturated heterocycles. The number of fused-ring (bicyclic) bond motifs is 1. The number of hydrogen-bond donors (Lipinski definition) is 0. The summed E-state index contributed by atoms with van der Waals surface area (Å²) < 4.78 is 5.41. The van der Waals surface area contributed by atoms with Gasteiger partial charge in [-0.1, -0.05) is 30.3 Å². The first-order valence-corrected chi connectivity index (χ1v) is 7.75. The van der Waals surface area contributed by atoms with Crippen molar-refractivity contribution in [2.45, 2.75) is 6.92 Å². The molecule has 2 aromatic carbocycles. The second-order valence-corrected chi connectivity index (χ2v) is 5.78. The number of carbonyl (C=O) groups excluding carboxylic acids is 2. The highest BCUT2D eigenvalue weighted by atomic mass is 16.4. The Morgan fingerprint density at radius 1 is 0.840 bits per heavy atom. The van der Waals surface area contributed by atoms with Crippen LogP contribution in [-0.2, 0) is 9.59 Å². The monoisotopic (exact) mass is 331 g/mol. The zero-order valence-corrected chi connectivity index (χ0v) is 13.4. The van der Waals surface area contributed by atoms with E-state index >= 15 is 0 Å². The first-order valence-electron chi connectivity index (χ1n) is 7.75. The molecule has 0 N–H and O–H groups in total. The van der Waals surface area contributed by atoms with E-state index in [4.69, 9.17) is 4.42 Å². The van der Waals surface area contributed by atoms with Crippen molar-refractivity contribution in [2.75, 3.05) is 4.90 Å². The fourth-order valence-electron chi connectivity index (χ4n) is 3.07. The lowest BCUT2D eigenvalue weighted by atomic mass is 9.99. The Hall–Kier alpha value is -3.47. The largest absolute Gasteiger partial charge is 0.422 e. The number of anilines is 1. The molecule has 0 spiro atoms. The molecule has 122 valence electrons. The summed E-state index contributed by atoms with van der Waals surface area (Å²) in [6.07, 6.45) is 2.47. The molecule has 0 fully saturated rings. The molecular weight excluding hydrogens is 318 g/mol. The summed E-state index contributed by atoms with van der Waals surface area (Å²) in [5.41, 5.74) is 2.57. The second-order valence-electron chi connectivity index (χ2n) is 5.78. The van der Waals surface area contributed by atoms with Gasteiger partial charge in [0.2, 0.25) is 0 Å². The van der Waals surface area contributed by atoms with Crippen molar-refractivity contribution in [3.05, 3.63) is 76.7 Å². The number of para-hydroxylation sites is 1. The van der Waals surface area contributed by atoms with Crippen LogP contribution < -0.4 is 10.5 Å². The Morgan fingerprint density at radius 2 is 1.48 bits per heavy atom. The van der Waals surface area contributed by atoms with Gasteiger partial charge in [-0.15, -0.1) is 0 Å². The molecule has 1 aliphatic heterocycles. The van der Waals surface area contributed by atoms with Crippen molar-refractivity contribution in [2.24, 2.45) is 0 Å². The first kappa shape index (κ1) is 15.1. The third-order valence-corrected chi connectivity index (χ3v) is 4.30. The van der Waals surface area contributed by atoms with Crippen molar-refractivity contribution in [1.29, 1.82) is 0 Å². The average Bonchev–Trinajstić information content (AvgIpc) is 2.94. The summed E-state index contributed by atoms with van der Waals surface area (Å²) >= 11 is 0. The molecule has 5 heteroatoms. The highest BCUT2D eigenvalue weighted by molar-refractivity contribution is 6.28. The van der Waals surface area contributed by atoms with E-state index in [0.29, 0.717) is 22.4 Å². The van der Waals surface area contributed by atoms with Gasteiger partial charge in [0.15, 0.2) is 0 Å². The Kier molecular flexibility index (Phi) is 3.35. The van der Waals surface area contributed by atoms with E-state index in [9.17, 15) is 14.4 Å². The van der Waals surface area contributed by atoms with Crippen LogP contribution >= 0.6 is 0 Å². The molecule has 0 bridgehead atoms. The van der Waals surface area contributed by atoms with Crippen LogP contribution in [0.1, 0.15) is 5.56 Å². The predicted molar refractivity (Wildman–Crippen MR) is 94.3 cm³/mol. The molecule has 0 radical (unpaired) electrons.